The van der Waals surface area contributed by atoms with Gasteiger partial charge >= 0.3 is 0 Å². The van der Waals surface area contributed by atoms with Gasteiger partial charge in [0.05, 0.1) is 13.2 Å². The van der Waals surface area contributed by atoms with Crippen LogP contribution in [-0.4, -0.2) is 18.5 Å². The molecule has 1 spiro atoms. The van der Waals surface area contributed by atoms with Crippen molar-refractivity contribution in [3.05, 3.63) is 0 Å². The molecule has 1 saturated carbocycles. The molecule has 0 bridgehead atoms. The summed E-state index contributed by atoms with van der Waals surface area (Å²) in [7, 11) is 0. The third-order valence-electron chi connectivity index (χ3n) is 2.32. The minimum atomic E-state index is 0.670. The second kappa shape index (κ2) is 1.48. The van der Waals surface area contributed by atoms with Crippen LogP contribution in [0.15, 0.2) is 0 Å². The van der Waals surface area contributed by atoms with Crippen molar-refractivity contribution in [2.45, 2.75) is 6.42 Å². The van der Waals surface area contributed by atoms with E-state index in [0.29, 0.717) is 5.41 Å². The van der Waals surface area contributed by atoms with Gasteiger partial charge in [-0.3, -0.25) is 0 Å². The van der Waals surface area contributed by atoms with E-state index in [4.69, 9.17) is 4.74 Å². The first-order valence-corrected chi connectivity index (χ1v) is 4.13. The fraction of sp³-hybridized carbons (Fsp3) is 1.00. The monoisotopic (exact) mass is 176 g/mol. The molecule has 0 radical (unpaired) electrons. The van der Waals surface area contributed by atoms with E-state index in [9.17, 15) is 0 Å². The second-order valence-corrected chi connectivity index (χ2v) is 3.56. The van der Waals surface area contributed by atoms with E-state index in [1.807, 2.05) is 0 Å². The van der Waals surface area contributed by atoms with Gasteiger partial charge in [-0.2, -0.15) is 0 Å². The van der Waals surface area contributed by atoms with Crippen molar-refractivity contribution in [3.8, 4) is 0 Å². The highest BCUT2D eigenvalue weighted by Crippen LogP contribution is 2.58. The van der Waals surface area contributed by atoms with Gasteiger partial charge < -0.3 is 4.74 Å². The number of halogens is 1. The fourth-order valence-corrected chi connectivity index (χ4v) is 2.28. The van der Waals surface area contributed by atoms with E-state index < -0.39 is 0 Å². The SMILES string of the molecule is BrCC1CC12COC2. The zero-order chi connectivity index (χ0) is 5.61. The molecule has 2 rings (SSSR count). The average molecular weight is 177 g/mol. The molecular weight excluding hydrogens is 168 g/mol. The molecule has 46 valence electrons. The minimum Gasteiger partial charge on any atom is -0.380 e. The molecule has 2 heteroatoms. The third-order valence-corrected chi connectivity index (χ3v) is 3.11. The zero-order valence-electron chi connectivity index (χ0n) is 4.69. The van der Waals surface area contributed by atoms with Crippen LogP contribution in [0.25, 0.3) is 0 Å². The molecule has 8 heavy (non-hydrogen) atoms. The Balaban J connectivity index is 1.93. The number of rotatable bonds is 1. The summed E-state index contributed by atoms with van der Waals surface area (Å²) in [4.78, 5) is 0. The lowest BCUT2D eigenvalue weighted by molar-refractivity contribution is -0.0568. The van der Waals surface area contributed by atoms with Crippen molar-refractivity contribution < 1.29 is 4.74 Å². The van der Waals surface area contributed by atoms with Gasteiger partial charge in [0.25, 0.3) is 0 Å². The van der Waals surface area contributed by atoms with E-state index >= 15 is 0 Å². The molecular formula is C6H9BrO. The lowest BCUT2D eigenvalue weighted by atomic mass is 10.0. The van der Waals surface area contributed by atoms with Crippen LogP contribution in [0.5, 0.6) is 0 Å². The summed E-state index contributed by atoms with van der Waals surface area (Å²) in [5.74, 6) is 0.941. The highest BCUT2D eigenvalue weighted by molar-refractivity contribution is 9.09. The lowest BCUT2D eigenvalue weighted by Gasteiger charge is -2.26. The lowest BCUT2D eigenvalue weighted by Crippen LogP contribution is -2.31. The first-order chi connectivity index (χ1) is 3.87. The van der Waals surface area contributed by atoms with Crippen molar-refractivity contribution >= 4 is 15.9 Å². The molecule has 1 unspecified atom stereocenters. The smallest absolute Gasteiger partial charge is 0.0547 e. The zero-order valence-corrected chi connectivity index (χ0v) is 6.28. The van der Waals surface area contributed by atoms with Crippen LogP contribution in [0.4, 0.5) is 0 Å². The maximum absolute atomic E-state index is 5.11. The van der Waals surface area contributed by atoms with Crippen molar-refractivity contribution in [1.82, 2.24) is 0 Å². The second-order valence-electron chi connectivity index (χ2n) is 2.91. The molecule has 0 amide bonds. The number of alkyl halides is 1. The summed E-state index contributed by atoms with van der Waals surface area (Å²) in [6.45, 7) is 2.06. The molecule has 1 saturated heterocycles. The van der Waals surface area contributed by atoms with Crippen LogP contribution in [0.1, 0.15) is 6.42 Å². The highest BCUT2D eigenvalue weighted by Gasteiger charge is 2.58. The Morgan fingerprint density at radius 1 is 1.62 bits per heavy atom. The number of ether oxygens (including phenoxy) is 1. The van der Waals surface area contributed by atoms with E-state index in [-0.39, 0.29) is 0 Å². The van der Waals surface area contributed by atoms with E-state index in [1.165, 1.54) is 11.8 Å². The van der Waals surface area contributed by atoms with Gasteiger partial charge in [0.2, 0.25) is 0 Å². The summed E-state index contributed by atoms with van der Waals surface area (Å²) in [6, 6.07) is 0. The Labute approximate surface area is 57.5 Å². The van der Waals surface area contributed by atoms with Crippen LogP contribution in [0.3, 0.4) is 0 Å². The molecule has 1 nitrogen and oxygen atoms in total. The topological polar surface area (TPSA) is 9.23 Å². The molecule has 1 atom stereocenters. The summed E-state index contributed by atoms with van der Waals surface area (Å²) in [5.41, 5.74) is 0.670. The largest absolute Gasteiger partial charge is 0.380 e. The van der Waals surface area contributed by atoms with E-state index in [2.05, 4.69) is 15.9 Å². The van der Waals surface area contributed by atoms with Gasteiger partial charge in [-0.05, 0) is 12.3 Å². The van der Waals surface area contributed by atoms with Gasteiger partial charge in [-0.25, -0.2) is 0 Å². The fourth-order valence-electron chi connectivity index (χ4n) is 1.37. The van der Waals surface area contributed by atoms with Gasteiger partial charge in [-0.15, -0.1) is 0 Å². The third kappa shape index (κ3) is 0.504. The molecule has 0 aromatic rings. The Morgan fingerprint density at radius 2 is 2.38 bits per heavy atom. The van der Waals surface area contributed by atoms with Crippen molar-refractivity contribution in [1.29, 1.82) is 0 Å². The maximum atomic E-state index is 5.11. The molecule has 1 aliphatic carbocycles. The minimum absolute atomic E-state index is 0.670. The molecule has 2 fully saturated rings. The summed E-state index contributed by atoms with van der Waals surface area (Å²) in [6.07, 6.45) is 1.40. The van der Waals surface area contributed by atoms with Crippen LogP contribution in [-0.2, 0) is 4.74 Å². The van der Waals surface area contributed by atoms with Crippen LogP contribution < -0.4 is 0 Å². The Bertz CT molecular complexity index is 109. The summed E-state index contributed by atoms with van der Waals surface area (Å²) < 4.78 is 5.11. The van der Waals surface area contributed by atoms with Crippen molar-refractivity contribution in [2.75, 3.05) is 18.5 Å². The van der Waals surface area contributed by atoms with Crippen molar-refractivity contribution in [2.24, 2.45) is 11.3 Å². The van der Waals surface area contributed by atoms with Crippen LogP contribution >= 0.6 is 15.9 Å². The molecule has 1 heterocycles. The Hall–Kier alpha value is 0.440. The standard InChI is InChI=1S/C6H9BrO/c7-2-5-1-6(5)3-8-4-6/h5H,1-4H2. The number of hydrogen-bond acceptors (Lipinski definition) is 1. The van der Waals surface area contributed by atoms with Crippen molar-refractivity contribution in [3.63, 3.8) is 0 Å². The van der Waals surface area contributed by atoms with Gasteiger partial charge in [0.1, 0.15) is 0 Å². The number of hydrogen-bond donors (Lipinski definition) is 0. The molecule has 1 aliphatic heterocycles. The normalized spacial score (nSPS) is 39.4. The first kappa shape index (κ1) is 5.24. The summed E-state index contributed by atoms with van der Waals surface area (Å²) in [5, 5.41) is 1.18. The van der Waals surface area contributed by atoms with E-state index in [1.54, 1.807) is 0 Å². The Kier molecular flexibility index (Phi) is 0.970. The Morgan fingerprint density at radius 3 is 2.50 bits per heavy atom. The molecule has 2 aliphatic rings. The highest BCUT2D eigenvalue weighted by atomic mass is 79.9. The van der Waals surface area contributed by atoms with Gasteiger partial charge in [0, 0.05) is 10.7 Å². The average Bonchev–Trinajstić information content (AvgIpc) is 2.36. The predicted molar refractivity (Wildman–Crippen MR) is 35.2 cm³/mol. The molecule has 0 aromatic carbocycles. The maximum Gasteiger partial charge on any atom is 0.0547 e. The first-order valence-electron chi connectivity index (χ1n) is 3.01. The molecule has 0 N–H and O–H groups in total. The van der Waals surface area contributed by atoms with E-state index in [0.717, 1.165) is 19.1 Å². The quantitative estimate of drug-likeness (QED) is 0.550. The predicted octanol–water partition coefficient (Wildman–Crippen LogP) is 1.42. The van der Waals surface area contributed by atoms with Gasteiger partial charge in [-0.1, -0.05) is 15.9 Å². The summed E-state index contributed by atoms with van der Waals surface area (Å²) >= 11 is 3.47. The molecule has 0 aromatic heterocycles. The van der Waals surface area contributed by atoms with Crippen LogP contribution in [0, 0.1) is 11.3 Å². The van der Waals surface area contributed by atoms with Gasteiger partial charge in [0.15, 0.2) is 0 Å². The van der Waals surface area contributed by atoms with Crippen LogP contribution in [0.2, 0.25) is 0 Å².